The van der Waals surface area contributed by atoms with E-state index in [-0.39, 0.29) is 11.7 Å². The third-order valence-corrected chi connectivity index (χ3v) is 5.07. The van der Waals surface area contributed by atoms with Crippen molar-refractivity contribution in [2.45, 2.75) is 32.2 Å². The average molecular weight is 319 g/mol. The fourth-order valence-electron chi connectivity index (χ4n) is 3.70. The van der Waals surface area contributed by atoms with Crippen molar-refractivity contribution in [3.05, 3.63) is 30.1 Å². The van der Waals surface area contributed by atoms with Crippen LogP contribution in [-0.2, 0) is 4.79 Å². The Hall–Kier alpha value is -1.62. The molecule has 1 atom stereocenters. The van der Waals surface area contributed by atoms with Gasteiger partial charge in [-0.25, -0.2) is 4.39 Å². The minimum Gasteiger partial charge on any atom is -0.369 e. The molecule has 2 aliphatic rings. The predicted octanol–water partition coefficient (Wildman–Crippen LogP) is 2.35. The highest BCUT2D eigenvalue weighted by Crippen LogP contribution is 2.21. The van der Waals surface area contributed by atoms with E-state index in [1.807, 2.05) is 24.0 Å². The summed E-state index contributed by atoms with van der Waals surface area (Å²) >= 11 is 0. The molecule has 2 heterocycles. The Balaban J connectivity index is 1.54. The number of likely N-dealkylation sites (tertiary alicyclic amines) is 1. The molecule has 0 aliphatic carbocycles. The number of rotatable bonds is 3. The Labute approximate surface area is 137 Å². The maximum atomic E-state index is 13.0. The molecule has 2 aliphatic heterocycles. The second kappa shape index (κ2) is 7.30. The molecule has 0 radical (unpaired) electrons. The van der Waals surface area contributed by atoms with Gasteiger partial charge >= 0.3 is 0 Å². The van der Waals surface area contributed by atoms with Crippen LogP contribution < -0.4 is 4.90 Å². The molecule has 0 unspecified atom stereocenters. The van der Waals surface area contributed by atoms with Gasteiger partial charge in [0.25, 0.3) is 0 Å². The number of piperidine rings is 1. The number of halogens is 1. The van der Waals surface area contributed by atoms with Crippen molar-refractivity contribution < 1.29 is 9.18 Å². The molecule has 0 N–H and O–H groups in total. The van der Waals surface area contributed by atoms with Crippen LogP contribution in [0.15, 0.2) is 24.3 Å². The minimum atomic E-state index is -0.185. The number of carbonyl (C=O) groups is 1. The molecule has 0 bridgehead atoms. The zero-order valence-corrected chi connectivity index (χ0v) is 13.9. The molecule has 5 heteroatoms. The topological polar surface area (TPSA) is 26.8 Å². The smallest absolute Gasteiger partial charge is 0.222 e. The van der Waals surface area contributed by atoms with Crippen molar-refractivity contribution in [1.29, 1.82) is 0 Å². The van der Waals surface area contributed by atoms with Crippen LogP contribution in [0.25, 0.3) is 0 Å². The third kappa shape index (κ3) is 3.83. The lowest BCUT2D eigenvalue weighted by molar-refractivity contribution is -0.133. The normalized spacial score (nSPS) is 23.1. The van der Waals surface area contributed by atoms with Gasteiger partial charge in [0.15, 0.2) is 0 Å². The number of hydrogen-bond donors (Lipinski definition) is 0. The highest BCUT2D eigenvalue weighted by Gasteiger charge is 2.29. The summed E-state index contributed by atoms with van der Waals surface area (Å²) in [6.07, 6.45) is 2.89. The zero-order valence-electron chi connectivity index (χ0n) is 13.9. The number of nitrogens with zero attached hydrogens (tertiary/aromatic N) is 3. The van der Waals surface area contributed by atoms with Gasteiger partial charge in [0.2, 0.25) is 5.91 Å². The van der Waals surface area contributed by atoms with Gasteiger partial charge in [-0.2, -0.15) is 0 Å². The fourth-order valence-corrected chi connectivity index (χ4v) is 3.70. The van der Waals surface area contributed by atoms with Crippen LogP contribution in [0.3, 0.4) is 0 Å². The van der Waals surface area contributed by atoms with Crippen LogP contribution in [0.2, 0.25) is 0 Å². The van der Waals surface area contributed by atoms with Gasteiger partial charge in [-0.1, -0.05) is 6.92 Å². The van der Waals surface area contributed by atoms with Crippen molar-refractivity contribution in [3.63, 3.8) is 0 Å². The number of hydrogen-bond acceptors (Lipinski definition) is 3. The minimum absolute atomic E-state index is 0.185. The fraction of sp³-hybridized carbons (Fsp3) is 0.611. The van der Waals surface area contributed by atoms with E-state index in [1.165, 1.54) is 18.6 Å². The largest absolute Gasteiger partial charge is 0.369 e. The van der Waals surface area contributed by atoms with E-state index in [9.17, 15) is 9.18 Å². The second-order valence-electron chi connectivity index (χ2n) is 6.49. The van der Waals surface area contributed by atoms with E-state index in [4.69, 9.17) is 0 Å². The quantitative estimate of drug-likeness (QED) is 0.856. The van der Waals surface area contributed by atoms with Gasteiger partial charge in [0.05, 0.1) is 0 Å². The Morgan fingerprint density at radius 1 is 1.13 bits per heavy atom. The molecule has 1 amide bonds. The standard InChI is InChI=1S/C18H26FN3O/c1-2-18(23)22-9-3-4-17(14-22)21-12-10-20(11-13-21)16-7-5-15(19)6-8-16/h5-8,17H,2-4,9-14H2,1H3/t17-/m0/s1. The number of anilines is 1. The van der Waals surface area contributed by atoms with Crippen molar-refractivity contribution in [2.75, 3.05) is 44.2 Å². The second-order valence-corrected chi connectivity index (χ2v) is 6.49. The number of amides is 1. The highest BCUT2D eigenvalue weighted by molar-refractivity contribution is 5.75. The summed E-state index contributed by atoms with van der Waals surface area (Å²) in [5.74, 6) is 0.0925. The predicted molar refractivity (Wildman–Crippen MR) is 90.1 cm³/mol. The highest BCUT2D eigenvalue weighted by atomic mass is 19.1. The summed E-state index contributed by atoms with van der Waals surface area (Å²) in [4.78, 5) is 18.8. The summed E-state index contributed by atoms with van der Waals surface area (Å²) in [6.45, 7) is 7.68. The Morgan fingerprint density at radius 2 is 1.83 bits per heavy atom. The molecule has 4 nitrogen and oxygen atoms in total. The van der Waals surface area contributed by atoms with E-state index in [0.29, 0.717) is 12.5 Å². The van der Waals surface area contributed by atoms with Gasteiger partial charge < -0.3 is 9.80 Å². The molecule has 0 spiro atoms. The van der Waals surface area contributed by atoms with E-state index < -0.39 is 0 Å². The molecular formula is C18H26FN3O. The molecule has 2 fully saturated rings. The van der Waals surface area contributed by atoms with Gasteiger partial charge in [-0.05, 0) is 37.1 Å². The number of piperazine rings is 1. The van der Waals surface area contributed by atoms with Crippen molar-refractivity contribution in [3.8, 4) is 0 Å². The first-order valence-corrected chi connectivity index (χ1v) is 8.69. The zero-order chi connectivity index (χ0) is 16.2. The van der Waals surface area contributed by atoms with E-state index in [2.05, 4.69) is 9.80 Å². The van der Waals surface area contributed by atoms with Crippen molar-refractivity contribution >= 4 is 11.6 Å². The van der Waals surface area contributed by atoms with Crippen LogP contribution in [0.5, 0.6) is 0 Å². The average Bonchev–Trinajstić information content (AvgIpc) is 2.62. The molecule has 0 saturated carbocycles. The van der Waals surface area contributed by atoms with E-state index in [0.717, 1.165) is 51.4 Å². The lowest BCUT2D eigenvalue weighted by atomic mass is 10.0. The first kappa shape index (κ1) is 16.2. The van der Waals surface area contributed by atoms with Crippen LogP contribution in [0.1, 0.15) is 26.2 Å². The SMILES string of the molecule is CCC(=O)N1CCC[C@H](N2CCN(c3ccc(F)cc3)CC2)C1. The maximum absolute atomic E-state index is 13.0. The molecule has 3 rings (SSSR count). The first-order chi connectivity index (χ1) is 11.2. The monoisotopic (exact) mass is 319 g/mol. The summed E-state index contributed by atoms with van der Waals surface area (Å²) in [7, 11) is 0. The third-order valence-electron chi connectivity index (χ3n) is 5.07. The van der Waals surface area contributed by atoms with Crippen LogP contribution in [-0.4, -0.2) is 61.0 Å². The van der Waals surface area contributed by atoms with Gasteiger partial charge in [0.1, 0.15) is 5.82 Å². The molecular weight excluding hydrogens is 293 g/mol. The molecule has 23 heavy (non-hydrogen) atoms. The molecule has 0 aromatic heterocycles. The van der Waals surface area contributed by atoms with Gasteiger partial charge in [0, 0.05) is 57.4 Å². The van der Waals surface area contributed by atoms with E-state index in [1.54, 1.807) is 0 Å². The van der Waals surface area contributed by atoms with Crippen molar-refractivity contribution in [2.24, 2.45) is 0 Å². The number of carbonyl (C=O) groups excluding carboxylic acids is 1. The summed E-state index contributed by atoms with van der Waals surface area (Å²) in [6, 6.07) is 7.25. The summed E-state index contributed by atoms with van der Waals surface area (Å²) < 4.78 is 13.0. The Morgan fingerprint density at radius 3 is 2.48 bits per heavy atom. The molecule has 2 saturated heterocycles. The van der Waals surface area contributed by atoms with E-state index >= 15 is 0 Å². The van der Waals surface area contributed by atoms with Crippen LogP contribution in [0, 0.1) is 5.82 Å². The molecule has 1 aromatic rings. The molecule has 1 aromatic carbocycles. The lowest BCUT2D eigenvalue weighted by Crippen LogP contribution is -2.55. The van der Waals surface area contributed by atoms with Crippen LogP contribution in [0.4, 0.5) is 10.1 Å². The molecule has 126 valence electrons. The maximum Gasteiger partial charge on any atom is 0.222 e. The number of benzene rings is 1. The van der Waals surface area contributed by atoms with Crippen molar-refractivity contribution in [1.82, 2.24) is 9.80 Å². The van der Waals surface area contributed by atoms with Gasteiger partial charge in [-0.3, -0.25) is 9.69 Å². The first-order valence-electron chi connectivity index (χ1n) is 8.69. The van der Waals surface area contributed by atoms with Gasteiger partial charge in [-0.15, -0.1) is 0 Å². The summed E-state index contributed by atoms with van der Waals surface area (Å²) in [5.41, 5.74) is 1.09. The van der Waals surface area contributed by atoms with Crippen LogP contribution >= 0.6 is 0 Å². The Bertz CT molecular complexity index is 526. The Kier molecular flexibility index (Phi) is 5.16. The lowest BCUT2D eigenvalue weighted by Gasteiger charge is -2.44. The summed E-state index contributed by atoms with van der Waals surface area (Å²) in [5, 5.41) is 0.